The second kappa shape index (κ2) is 5.58. The maximum absolute atomic E-state index is 9.30. The standard InChI is InChI=1S/C16H19NO/c1-3-17(16-7-5-4-6-13(16)2)12-14-8-10-15(18)11-9-14/h4-11,18H,3,12H2,1-2H3. The van der Waals surface area contributed by atoms with Gasteiger partial charge in [-0.25, -0.2) is 0 Å². The minimum Gasteiger partial charge on any atom is -0.508 e. The Morgan fingerprint density at radius 2 is 1.67 bits per heavy atom. The van der Waals surface area contributed by atoms with Crippen molar-refractivity contribution in [2.24, 2.45) is 0 Å². The van der Waals surface area contributed by atoms with Crippen molar-refractivity contribution in [1.29, 1.82) is 0 Å². The van der Waals surface area contributed by atoms with Crippen LogP contribution in [-0.2, 0) is 6.54 Å². The van der Waals surface area contributed by atoms with E-state index in [-0.39, 0.29) is 0 Å². The van der Waals surface area contributed by atoms with E-state index in [0.717, 1.165) is 13.1 Å². The predicted molar refractivity (Wildman–Crippen MR) is 76.0 cm³/mol. The Hall–Kier alpha value is -1.96. The van der Waals surface area contributed by atoms with Crippen LogP contribution in [-0.4, -0.2) is 11.7 Å². The highest BCUT2D eigenvalue weighted by Crippen LogP contribution is 2.21. The number of phenolic OH excluding ortho intramolecular Hbond substituents is 1. The topological polar surface area (TPSA) is 23.5 Å². The molecule has 0 amide bonds. The van der Waals surface area contributed by atoms with Gasteiger partial charge in [0.2, 0.25) is 0 Å². The van der Waals surface area contributed by atoms with E-state index in [4.69, 9.17) is 0 Å². The van der Waals surface area contributed by atoms with Gasteiger partial charge in [-0.15, -0.1) is 0 Å². The summed E-state index contributed by atoms with van der Waals surface area (Å²) in [5, 5.41) is 9.30. The van der Waals surface area contributed by atoms with Gasteiger partial charge in [-0.1, -0.05) is 30.3 Å². The van der Waals surface area contributed by atoms with Crippen molar-refractivity contribution >= 4 is 5.69 Å². The summed E-state index contributed by atoms with van der Waals surface area (Å²) >= 11 is 0. The fourth-order valence-electron chi connectivity index (χ4n) is 2.11. The maximum atomic E-state index is 9.30. The lowest BCUT2D eigenvalue weighted by atomic mass is 10.1. The molecule has 0 saturated carbocycles. The molecule has 0 bridgehead atoms. The van der Waals surface area contributed by atoms with Gasteiger partial charge in [0.25, 0.3) is 0 Å². The molecule has 0 fully saturated rings. The van der Waals surface area contributed by atoms with E-state index in [1.165, 1.54) is 16.8 Å². The van der Waals surface area contributed by atoms with Crippen molar-refractivity contribution in [3.63, 3.8) is 0 Å². The van der Waals surface area contributed by atoms with Crippen molar-refractivity contribution in [2.75, 3.05) is 11.4 Å². The summed E-state index contributed by atoms with van der Waals surface area (Å²) in [6.07, 6.45) is 0. The minimum atomic E-state index is 0.317. The molecule has 2 heteroatoms. The third kappa shape index (κ3) is 2.83. The summed E-state index contributed by atoms with van der Waals surface area (Å²) in [5.41, 5.74) is 3.77. The zero-order valence-electron chi connectivity index (χ0n) is 10.9. The molecule has 2 aromatic carbocycles. The molecule has 2 aromatic rings. The van der Waals surface area contributed by atoms with Crippen LogP contribution in [0.15, 0.2) is 48.5 Å². The number of anilines is 1. The van der Waals surface area contributed by atoms with Gasteiger partial charge in [0.15, 0.2) is 0 Å². The van der Waals surface area contributed by atoms with Gasteiger partial charge in [-0.3, -0.25) is 0 Å². The lowest BCUT2D eigenvalue weighted by Crippen LogP contribution is -2.22. The highest BCUT2D eigenvalue weighted by atomic mass is 16.3. The van der Waals surface area contributed by atoms with E-state index < -0.39 is 0 Å². The molecule has 1 N–H and O–H groups in total. The smallest absolute Gasteiger partial charge is 0.115 e. The molecule has 2 nitrogen and oxygen atoms in total. The molecule has 0 aliphatic carbocycles. The average Bonchev–Trinajstić information content (AvgIpc) is 2.39. The number of aromatic hydroxyl groups is 1. The van der Waals surface area contributed by atoms with Gasteiger partial charge in [0.05, 0.1) is 0 Å². The van der Waals surface area contributed by atoms with E-state index in [2.05, 4.69) is 43.0 Å². The summed E-state index contributed by atoms with van der Waals surface area (Å²) in [6, 6.07) is 15.8. The van der Waals surface area contributed by atoms with Crippen LogP contribution in [0, 0.1) is 6.92 Å². The van der Waals surface area contributed by atoms with Gasteiger partial charge < -0.3 is 10.0 Å². The van der Waals surface area contributed by atoms with Gasteiger partial charge in [-0.05, 0) is 43.2 Å². The van der Waals surface area contributed by atoms with Crippen molar-refractivity contribution in [3.05, 3.63) is 59.7 Å². The Balaban J connectivity index is 2.20. The Morgan fingerprint density at radius 1 is 1.00 bits per heavy atom. The predicted octanol–water partition coefficient (Wildman–Crippen LogP) is 3.73. The number of nitrogens with zero attached hydrogens (tertiary/aromatic N) is 1. The van der Waals surface area contributed by atoms with E-state index in [1.54, 1.807) is 12.1 Å². The third-order valence-corrected chi connectivity index (χ3v) is 3.15. The van der Waals surface area contributed by atoms with Crippen molar-refractivity contribution < 1.29 is 5.11 Å². The number of benzene rings is 2. The normalized spacial score (nSPS) is 10.3. The van der Waals surface area contributed by atoms with Gasteiger partial charge >= 0.3 is 0 Å². The first kappa shape index (κ1) is 12.5. The summed E-state index contributed by atoms with van der Waals surface area (Å²) in [4.78, 5) is 2.34. The number of phenols is 1. The molecule has 2 rings (SSSR count). The Labute approximate surface area is 109 Å². The molecule has 0 heterocycles. The van der Waals surface area contributed by atoms with Crippen molar-refractivity contribution in [1.82, 2.24) is 0 Å². The lowest BCUT2D eigenvalue weighted by molar-refractivity contribution is 0.475. The van der Waals surface area contributed by atoms with Crippen LogP contribution < -0.4 is 4.90 Å². The fourth-order valence-corrected chi connectivity index (χ4v) is 2.11. The fraction of sp³-hybridized carbons (Fsp3) is 0.250. The summed E-state index contributed by atoms with van der Waals surface area (Å²) < 4.78 is 0. The zero-order valence-corrected chi connectivity index (χ0v) is 10.9. The SMILES string of the molecule is CCN(Cc1ccc(O)cc1)c1ccccc1C. The molecule has 0 aromatic heterocycles. The van der Waals surface area contributed by atoms with E-state index in [0.29, 0.717) is 5.75 Å². The van der Waals surface area contributed by atoms with Crippen LogP contribution in [0.25, 0.3) is 0 Å². The quantitative estimate of drug-likeness (QED) is 0.881. The molecule has 0 atom stereocenters. The molecule has 0 saturated heterocycles. The van der Waals surface area contributed by atoms with E-state index >= 15 is 0 Å². The number of aryl methyl sites for hydroxylation is 1. The molecule has 0 radical (unpaired) electrons. The highest BCUT2D eigenvalue weighted by molar-refractivity contribution is 5.53. The molecule has 0 aliphatic rings. The van der Waals surface area contributed by atoms with Crippen molar-refractivity contribution in [3.8, 4) is 5.75 Å². The van der Waals surface area contributed by atoms with Crippen LogP contribution in [0.5, 0.6) is 5.75 Å². The Bertz CT molecular complexity index is 505. The van der Waals surface area contributed by atoms with Crippen molar-refractivity contribution in [2.45, 2.75) is 20.4 Å². The molecule has 0 aliphatic heterocycles. The van der Waals surface area contributed by atoms with Gasteiger partial charge in [0.1, 0.15) is 5.75 Å². The van der Waals surface area contributed by atoms with Gasteiger partial charge in [-0.2, -0.15) is 0 Å². The Morgan fingerprint density at radius 3 is 2.28 bits per heavy atom. The molecular formula is C16H19NO. The summed E-state index contributed by atoms with van der Waals surface area (Å²) in [5.74, 6) is 0.317. The second-order valence-corrected chi connectivity index (χ2v) is 4.47. The molecule has 18 heavy (non-hydrogen) atoms. The second-order valence-electron chi connectivity index (χ2n) is 4.47. The summed E-state index contributed by atoms with van der Waals surface area (Å²) in [6.45, 7) is 6.12. The van der Waals surface area contributed by atoms with Crippen LogP contribution >= 0.6 is 0 Å². The number of rotatable bonds is 4. The number of para-hydroxylation sites is 1. The van der Waals surface area contributed by atoms with E-state index in [1.807, 2.05) is 12.1 Å². The highest BCUT2D eigenvalue weighted by Gasteiger charge is 2.07. The van der Waals surface area contributed by atoms with Crippen LogP contribution in [0.2, 0.25) is 0 Å². The average molecular weight is 241 g/mol. The first-order valence-corrected chi connectivity index (χ1v) is 6.29. The number of hydrogen-bond donors (Lipinski definition) is 1. The third-order valence-electron chi connectivity index (χ3n) is 3.15. The maximum Gasteiger partial charge on any atom is 0.115 e. The monoisotopic (exact) mass is 241 g/mol. The van der Waals surface area contributed by atoms with Crippen LogP contribution in [0.3, 0.4) is 0 Å². The van der Waals surface area contributed by atoms with Gasteiger partial charge in [0, 0.05) is 18.8 Å². The molecule has 0 spiro atoms. The van der Waals surface area contributed by atoms with Crippen LogP contribution in [0.1, 0.15) is 18.1 Å². The lowest BCUT2D eigenvalue weighted by Gasteiger charge is -2.25. The Kier molecular flexibility index (Phi) is 3.88. The zero-order chi connectivity index (χ0) is 13.0. The molecule has 94 valence electrons. The first-order valence-electron chi connectivity index (χ1n) is 6.29. The minimum absolute atomic E-state index is 0.317. The molecular weight excluding hydrogens is 222 g/mol. The largest absolute Gasteiger partial charge is 0.508 e. The van der Waals surface area contributed by atoms with Crippen LogP contribution in [0.4, 0.5) is 5.69 Å². The number of hydrogen-bond acceptors (Lipinski definition) is 2. The molecule has 0 unspecified atom stereocenters. The summed E-state index contributed by atoms with van der Waals surface area (Å²) in [7, 11) is 0. The van der Waals surface area contributed by atoms with E-state index in [9.17, 15) is 5.11 Å². The first-order chi connectivity index (χ1) is 8.70.